The second-order valence-electron chi connectivity index (χ2n) is 5.35. The number of hydrogen-bond donors (Lipinski definition) is 1. The van der Waals surface area contributed by atoms with Gasteiger partial charge in [-0.25, -0.2) is 0 Å². The maximum absolute atomic E-state index is 4.07. The summed E-state index contributed by atoms with van der Waals surface area (Å²) in [5.74, 6) is 0. The van der Waals surface area contributed by atoms with E-state index in [9.17, 15) is 0 Å². The maximum Gasteiger partial charge on any atom is 0.0271 e. The van der Waals surface area contributed by atoms with Crippen LogP contribution in [0.3, 0.4) is 0 Å². The molecule has 0 spiro atoms. The molecule has 1 saturated heterocycles. The number of hydrogen-bond acceptors (Lipinski definition) is 3. The molecular formula is C15H25N3. The van der Waals surface area contributed by atoms with Gasteiger partial charge in [-0.05, 0) is 50.4 Å². The fraction of sp³-hybridized carbons (Fsp3) is 0.667. The standard InChI is InChI=1S/C15H25N3/c1-3-7-17-15-6-10-18(13(2)11-15)12-14-4-8-16-9-5-14/h4-5,8-9,13,15,17H,3,6-7,10-12H2,1-2H3. The molecule has 100 valence electrons. The summed E-state index contributed by atoms with van der Waals surface area (Å²) in [6.45, 7) is 7.99. The molecule has 0 bridgehead atoms. The number of piperidine rings is 1. The lowest BCUT2D eigenvalue weighted by molar-refractivity contribution is 0.129. The molecule has 2 heterocycles. The van der Waals surface area contributed by atoms with E-state index in [0.29, 0.717) is 12.1 Å². The summed E-state index contributed by atoms with van der Waals surface area (Å²) >= 11 is 0. The summed E-state index contributed by atoms with van der Waals surface area (Å²) in [5, 5.41) is 3.65. The quantitative estimate of drug-likeness (QED) is 0.866. The molecule has 1 N–H and O–H groups in total. The van der Waals surface area contributed by atoms with Crippen molar-refractivity contribution in [2.75, 3.05) is 13.1 Å². The fourth-order valence-corrected chi connectivity index (χ4v) is 2.71. The Morgan fingerprint density at radius 1 is 1.39 bits per heavy atom. The van der Waals surface area contributed by atoms with Crippen LogP contribution in [0.5, 0.6) is 0 Å². The van der Waals surface area contributed by atoms with Crippen molar-refractivity contribution < 1.29 is 0 Å². The molecule has 2 atom stereocenters. The normalized spacial score (nSPS) is 25.2. The second-order valence-corrected chi connectivity index (χ2v) is 5.35. The van der Waals surface area contributed by atoms with Crippen LogP contribution in [0.4, 0.5) is 0 Å². The largest absolute Gasteiger partial charge is 0.314 e. The number of likely N-dealkylation sites (tertiary alicyclic amines) is 1. The third kappa shape index (κ3) is 3.79. The van der Waals surface area contributed by atoms with Gasteiger partial charge in [-0.15, -0.1) is 0 Å². The molecule has 1 aromatic heterocycles. The van der Waals surface area contributed by atoms with Gasteiger partial charge in [-0.1, -0.05) is 6.92 Å². The highest BCUT2D eigenvalue weighted by Crippen LogP contribution is 2.19. The predicted molar refractivity (Wildman–Crippen MR) is 75.4 cm³/mol. The summed E-state index contributed by atoms with van der Waals surface area (Å²) < 4.78 is 0. The Morgan fingerprint density at radius 2 is 2.17 bits per heavy atom. The van der Waals surface area contributed by atoms with Gasteiger partial charge in [0.1, 0.15) is 0 Å². The molecule has 2 unspecified atom stereocenters. The van der Waals surface area contributed by atoms with Crippen molar-refractivity contribution in [3.05, 3.63) is 30.1 Å². The van der Waals surface area contributed by atoms with Crippen LogP contribution in [-0.2, 0) is 6.54 Å². The monoisotopic (exact) mass is 247 g/mol. The first-order valence-electron chi connectivity index (χ1n) is 7.16. The van der Waals surface area contributed by atoms with Crippen LogP contribution in [0.1, 0.15) is 38.7 Å². The maximum atomic E-state index is 4.07. The highest BCUT2D eigenvalue weighted by atomic mass is 15.2. The molecule has 0 amide bonds. The van der Waals surface area contributed by atoms with E-state index in [-0.39, 0.29) is 0 Å². The van der Waals surface area contributed by atoms with Gasteiger partial charge in [0.15, 0.2) is 0 Å². The Balaban J connectivity index is 1.82. The van der Waals surface area contributed by atoms with E-state index in [1.165, 1.54) is 31.4 Å². The first-order valence-corrected chi connectivity index (χ1v) is 7.16. The summed E-state index contributed by atoms with van der Waals surface area (Å²) in [6.07, 6.45) is 7.54. The van der Waals surface area contributed by atoms with Crippen molar-refractivity contribution in [3.63, 3.8) is 0 Å². The lowest BCUT2D eigenvalue weighted by atomic mass is 9.97. The van der Waals surface area contributed by atoms with Gasteiger partial charge < -0.3 is 5.32 Å². The number of rotatable bonds is 5. The Hall–Kier alpha value is -0.930. The lowest BCUT2D eigenvalue weighted by Crippen LogP contribution is -2.47. The minimum Gasteiger partial charge on any atom is -0.314 e. The van der Waals surface area contributed by atoms with Crippen LogP contribution in [-0.4, -0.2) is 35.1 Å². The van der Waals surface area contributed by atoms with Crippen LogP contribution in [0, 0.1) is 0 Å². The third-order valence-corrected chi connectivity index (χ3v) is 3.83. The molecule has 1 aromatic rings. The number of nitrogens with one attached hydrogen (secondary N) is 1. The molecule has 1 fully saturated rings. The van der Waals surface area contributed by atoms with Crippen molar-refractivity contribution >= 4 is 0 Å². The molecule has 1 aliphatic heterocycles. The van der Waals surface area contributed by atoms with Gasteiger partial charge in [0, 0.05) is 37.6 Å². The molecule has 2 rings (SSSR count). The van der Waals surface area contributed by atoms with Gasteiger partial charge in [0.05, 0.1) is 0 Å². The summed E-state index contributed by atoms with van der Waals surface area (Å²) in [4.78, 5) is 6.66. The van der Waals surface area contributed by atoms with Crippen LogP contribution in [0.15, 0.2) is 24.5 Å². The molecule has 3 heteroatoms. The van der Waals surface area contributed by atoms with E-state index in [1.54, 1.807) is 0 Å². The molecule has 0 aromatic carbocycles. The molecule has 0 aliphatic carbocycles. The zero-order chi connectivity index (χ0) is 12.8. The minimum atomic E-state index is 0.668. The first-order chi connectivity index (χ1) is 8.79. The molecular weight excluding hydrogens is 222 g/mol. The van der Waals surface area contributed by atoms with Gasteiger partial charge in [-0.3, -0.25) is 9.88 Å². The van der Waals surface area contributed by atoms with Gasteiger partial charge in [0.25, 0.3) is 0 Å². The highest BCUT2D eigenvalue weighted by molar-refractivity contribution is 5.09. The number of nitrogens with zero attached hydrogens (tertiary/aromatic N) is 2. The summed E-state index contributed by atoms with van der Waals surface area (Å²) in [7, 11) is 0. The highest BCUT2D eigenvalue weighted by Gasteiger charge is 2.24. The van der Waals surface area contributed by atoms with Crippen LogP contribution < -0.4 is 5.32 Å². The van der Waals surface area contributed by atoms with Crippen LogP contribution in [0.2, 0.25) is 0 Å². The Bertz CT molecular complexity index is 339. The number of aromatic nitrogens is 1. The third-order valence-electron chi connectivity index (χ3n) is 3.83. The Labute approximate surface area is 111 Å². The van der Waals surface area contributed by atoms with E-state index >= 15 is 0 Å². The van der Waals surface area contributed by atoms with Gasteiger partial charge in [0.2, 0.25) is 0 Å². The summed E-state index contributed by atoms with van der Waals surface area (Å²) in [6, 6.07) is 5.62. The molecule has 0 radical (unpaired) electrons. The van der Waals surface area contributed by atoms with E-state index in [2.05, 4.69) is 41.2 Å². The van der Waals surface area contributed by atoms with E-state index in [0.717, 1.165) is 13.1 Å². The average Bonchev–Trinajstić information content (AvgIpc) is 2.40. The number of pyridine rings is 1. The summed E-state index contributed by atoms with van der Waals surface area (Å²) in [5.41, 5.74) is 1.37. The SMILES string of the molecule is CCCNC1CCN(Cc2ccncc2)C(C)C1. The zero-order valence-corrected chi connectivity index (χ0v) is 11.6. The first kappa shape index (κ1) is 13.5. The van der Waals surface area contributed by atoms with Crippen molar-refractivity contribution in [1.82, 2.24) is 15.2 Å². The van der Waals surface area contributed by atoms with E-state index in [1.807, 2.05) is 12.4 Å². The van der Waals surface area contributed by atoms with E-state index in [4.69, 9.17) is 0 Å². The van der Waals surface area contributed by atoms with Crippen LogP contribution >= 0.6 is 0 Å². The van der Waals surface area contributed by atoms with Crippen molar-refractivity contribution in [2.24, 2.45) is 0 Å². The fourth-order valence-electron chi connectivity index (χ4n) is 2.71. The molecule has 0 saturated carbocycles. The average molecular weight is 247 g/mol. The topological polar surface area (TPSA) is 28.2 Å². The van der Waals surface area contributed by atoms with Crippen molar-refractivity contribution in [2.45, 2.75) is 51.7 Å². The van der Waals surface area contributed by atoms with Gasteiger partial charge in [-0.2, -0.15) is 0 Å². The lowest BCUT2D eigenvalue weighted by Gasteiger charge is -2.38. The van der Waals surface area contributed by atoms with Crippen molar-refractivity contribution in [3.8, 4) is 0 Å². The van der Waals surface area contributed by atoms with E-state index < -0.39 is 0 Å². The molecule has 18 heavy (non-hydrogen) atoms. The van der Waals surface area contributed by atoms with Crippen LogP contribution in [0.25, 0.3) is 0 Å². The molecule has 3 nitrogen and oxygen atoms in total. The molecule has 1 aliphatic rings. The second kappa shape index (κ2) is 6.86. The Kier molecular flexibility index (Phi) is 5.14. The minimum absolute atomic E-state index is 0.668. The smallest absolute Gasteiger partial charge is 0.0271 e. The van der Waals surface area contributed by atoms with Gasteiger partial charge >= 0.3 is 0 Å². The zero-order valence-electron chi connectivity index (χ0n) is 11.6. The predicted octanol–water partition coefficient (Wildman–Crippen LogP) is 2.43. The van der Waals surface area contributed by atoms with Crippen molar-refractivity contribution in [1.29, 1.82) is 0 Å². The Morgan fingerprint density at radius 3 is 2.83 bits per heavy atom.